The summed E-state index contributed by atoms with van der Waals surface area (Å²) in [6.45, 7) is 3.72. The molecule has 0 amide bonds. The SMILES string of the molecule is COc1cc2c(cc1[N+](=O)[O-])C(C)N(Cc1ccc3cc(C=O)ccc3c1)CC2. The first-order chi connectivity index (χ1) is 14.0. The van der Waals surface area contributed by atoms with Crippen molar-refractivity contribution in [2.24, 2.45) is 0 Å². The summed E-state index contributed by atoms with van der Waals surface area (Å²) in [7, 11) is 1.46. The third-order valence-corrected chi connectivity index (χ3v) is 5.75. The van der Waals surface area contributed by atoms with Crippen LogP contribution in [0.25, 0.3) is 10.8 Å². The summed E-state index contributed by atoms with van der Waals surface area (Å²) >= 11 is 0. The highest BCUT2D eigenvalue weighted by atomic mass is 16.6. The van der Waals surface area contributed by atoms with E-state index in [4.69, 9.17) is 4.74 Å². The van der Waals surface area contributed by atoms with Gasteiger partial charge in [-0.1, -0.05) is 24.3 Å². The molecule has 0 saturated heterocycles. The van der Waals surface area contributed by atoms with E-state index >= 15 is 0 Å². The third kappa shape index (κ3) is 3.59. The molecule has 1 atom stereocenters. The minimum atomic E-state index is -0.387. The molecule has 148 valence electrons. The van der Waals surface area contributed by atoms with Crippen molar-refractivity contribution in [2.75, 3.05) is 13.7 Å². The Bertz CT molecular complexity index is 1110. The summed E-state index contributed by atoms with van der Waals surface area (Å²) < 4.78 is 5.21. The molecule has 0 aliphatic carbocycles. The number of carbonyl (C=O) groups excluding carboxylic acids is 1. The molecule has 6 heteroatoms. The number of ether oxygens (including phenoxy) is 1. The predicted molar refractivity (Wildman–Crippen MR) is 112 cm³/mol. The number of nitro groups is 1. The van der Waals surface area contributed by atoms with Crippen LogP contribution in [-0.2, 0) is 13.0 Å². The summed E-state index contributed by atoms with van der Waals surface area (Å²) in [4.78, 5) is 24.3. The van der Waals surface area contributed by atoms with Gasteiger partial charge in [0, 0.05) is 30.8 Å². The summed E-state index contributed by atoms with van der Waals surface area (Å²) in [5.74, 6) is 0.318. The van der Waals surface area contributed by atoms with Crippen LogP contribution in [0.15, 0.2) is 48.5 Å². The molecule has 3 aromatic rings. The van der Waals surface area contributed by atoms with Gasteiger partial charge in [-0.05, 0) is 59.0 Å². The van der Waals surface area contributed by atoms with Gasteiger partial charge in [0.2, 0.25) is 0 Å². The number of nitrogens with zero attached hydrogens (tertiary/aromatic N) is 2. The van der Waals surface area contributed by atoms with E-state index in [9.17, 15) is 14.9 Å². The summed E-state index contributed by atoms with van der Waals surface area (Å²) in [5.41, 5.74) is 3.95. The molecule has 0 saturated carbocycles. The van der Waals surface area contributed by atoms with E-state index in [1.807, 2.05) is 30.3 Å². The van der Waals surface area contributed by atoms with Crippen LogP contribution in [-0.4, -0.2) is 29.8 Å². The molecule has 0 spiro atoms. The van der Waals surface area contributed by atoms with Gasteiger partial charge < -0.3 is 4.74 Å². The van der Waals surface area contributed by atoms with Crippen molar-refractivity contribution in [3.05, 3.63) is 80.9 Å². The summed E-state index contributed by atoms with van der Waals surface area (Å²) in [6, 6.07) is 15.5. The number of nitro benzene ring substituents is 1. The van der Waals surface area contributed by atoms with E-state index in [0.717, 1.165) is 47.7 Å². The molecule has 1 aliphatic heterocycles. The zero-order valence-corrected chi connectivity index (χ0v) is 16.4. The zero-order valence-electron chi connectivity index (χ0n) is 16.4. The van der Waals surface area contributed by atoms with E-state index in [1.165, 1.54) is 12.7 Å². The van der Waals surface area contributed by atoms with E-state index < -0.39 is 0 Å². The van der Waals surface area contributed by atoms with Gasteiger partial charge in [-0.25, -0.2) is 0 Å². The van der Waals surface area contributed by atoms with Gasteiger partial charge in [0.15, 0.2) is 5.75 Å². The van der Waals surface area contributed by atoms with Crippen molar-refractivity contribution in [1.82, 2.24) is 4.90 Å². The Morgan fingerprint density at radius 2 is 1.93 bits per heavy atom. The molecule has 0 aromatic heterocycles. The Morgan fingerprint density at radius 3 is 2.66 bits per heavy atom. The molecule has 4 rings (SSSR count). The maximum atomic E-state index is 11.4. The Labute approximate surface area is 168 Å². The predicted octanol–water partition coefficient (Wildman–Crippen LogP) is 4.69. The van der Waals surface area contributed by atoms with Gasteiger partial charge in [0.1, 0.15) is 6.29 Å². The fourth-order valence-electron chi connectivity index (χ4n) is 4.13. The van der Waals surface area contributed by atoms with Gasteiger partial charge in [-0.15, -0.1) is 0 Å². The quantitative estimate of drug-likeness (QED) is 0.359. The maximum Gasteiger partial charge on any atom is 0.311 e. The number of aldehydes is 1. The first kappa shape index (κ1) is 19.1. The van der Waals surface area contributed by atoms with E-state index in [1.54, 1.807) is 6.07 Å². The molecule has 1 heterocycles. The van der Waals surface area contributed by atoms with Crippen LogP contribution in [0.1, 0.15) is 40.0 Å². The van der Waals surface area contributed by atoms with Crippen molar-refractivity contribution >= 4 is 22.7 Å². The van der Waals surface area contributed by atoms with Gasteiger partial charge in [0.05, 0.1) is 12.0 Å². The fraction of sp³-hybridized carbons (Fsp3) is 0.261. The van der Waals surface area contributed by atoms with Gasteiger partial charge in [-0.2, -0.15) is 0 Å². The van der Waals surface area contributed by atoms with Gasteiger partial charge in [0.25, 0.3) is 0 Å². The highest BCUT2D eigenvalue weighted by Crippen LogP contribution is 2.38. The number of rotatable bonds is 5. The van der Waals surface area contributed by atoms with Crippen LogP contribution in [0.2, 0.25) is 0 Å². The normalized spacial score (nSPS) is 16.4. The fourth-order valence-corrected chi connectivity index (χ4v) is 4.13. The molecule has 29 heavy (non-hydrogen) atoms. The lowest BCUT2D eigenvalue weighted by atomic mass is 9.92. The lowest BCUT2D eigenvalue weighted by molar-refractivity contribution is -0.385. The van der Waals surface area contributed by atoms with Crippen LogP contribution in [0.4, 0.5) is 5.69 Å². The van der Waals surface area contributed by atoms with E-state index in [-0.39, 0.29) is 16.7 Å². The number of methoxy groups -OCH3 is 1. The molecule has 0 bridgehead atoms. The van der Waals surface area contributed by atoms with Crippen molar-refractivity contribution in [3.63, 3.8) is 0 Å². The van der Waals surface area contributed by atoms with Crippen molar-refractivity contribution in [2.45, 2.75) is 25.9 Å². The third-order valence-electron chi connectivity index (χ3n) is 5.75. The van der Waals surface area contributed by atoms with Crippen LogP contribution in [0.5, 0.6) is 5.75 Å². The Kier molecular flexibility index (Phi) is 5.03. The minimum Gasteiger partial charge on any atom is -0.490 e. The van der Waals surface area contributed by atoms with Crippen molar-refractivity contribution < 1.29 is 14.5 Å². The number of hydrogen-bond donors (Lipinski definition) is 0. The first-order valence-electron chi connectivity index (χ1n) is 9.57. The monoisotopic (exact) mass is 390 g/mol. The summed E-state index contributed by atoms with van der Waals surface area (Å²) in [6.07, 6.45) is 1.68. The number of carbonyl (C=O) groups is 1. The van der Waals surface area contributed by atoms with Crippen LogP contribution < -0.4 is 4.74 Å². The molecule has 6 nitrogen and oxygen atoms in total. The molecule has 1 aliphatic rings. The average Bonchev–Trinajstić information content (AvgIpc) is 2.74. The molecule has 0 N–H and O–H groups in total. The van der Waals surface area contributed by atoms with Crippen LogP contribution in [0, 0.1) is 10.1 Å². The Morgan fingerprint density at radius 1 is 1.17 bits per heavy atom. The highest BCUT2D eigenvalue weighted by molar-refractivity contribution is 5.89. The molecular formula is C23H22N2O4. The highest BCUT2D eigenvalue weighted by Gasteiger charge is 2.28. The maximum absolute atomic E-state index is 11.4. The molecule has 1 unspecified atom stereocenters. The molecule has 0 radical (unpaired) electrons. The van der Waals surface area contributed by atoms with Crippen LogP contribution >= 0.6 is 0 Å². The minimum absolute atomic E-state index is 0.0108. The second-order valence-electron chi connectivity index (χ2n) is 7.44. The van der Waals surface area contributed by atoms with Gasteiger partial charge in [-0.3, -0.25) is 19.8 Å². The summed E-state index contributed by atoms with van der Waals surface area (Å²) in [5, 5.41) is 13.5. The van der Waals surface area contributed by atoms with Crippen LogP contribution in [0.3, 0.4) is 0 Å². The Balaban J connectivity index is 1.61. The Hall–Kier alpha value is -3.25. The second kappa shape index (κ2) is 7.64. The second-order valence-corrected chi connectivity index (χ2v) is 7.44. The average molecular weight is 390 g/mol. The molecular weight excluding hydrogens is 368 g/mol. The smallest absolute Gasteiger partial charge is 0.311 e. The zero-order chi connectivity index (χ0) is 20.5. The topological polar surface area (TPSA) is 72.7 Å². The lowest BCUT2D eigenvalue weighted by Gasteiger charge is -2.35. The van der Waals surface area contributed by atoms with Gasteiger partial charge >= 0.3 is 5.69 Å². The first-order valence-corrected chi connectivity index (χ1v) is 9.57. The lowest BCUT2D eigenvalue weighted by Crippen LogP contribution is -2.33. The van der Waals surface area contributed by atoms with Crippen molar-refractivity contribution in [3.8, 4) is 5.75 Å². The van der Waals surface area contributed by atoms with E-state index in [0.29, 0.717) is 11.3 Å². The van der Waals surface area contributed by atoms with E-state index in [2.05, 4.69) is 24.0 Å². The number of fused-ring (bicyclic) bond motifs is 2. The van der Waals surface area contributed by atoms with Crippen molar-refractivity contribution in [1.29, 1.82) is 0 Å². The molecule has 0 fully saturated rings. The number of benzene rings is 3. The molecule has 3 aromatic carbocycles. The largest absolute Gasteiger partial charge is 0.490 e. The standard InChI is InChI=1S/C23H22N2O4/c1-15-21-12-22(25(27)28)23(29-2)11-20(21)7-8-24(15)13-16-3-5-19-10-17(14-26)4-6-18(19)9-16/h3-6,9-12,14-15H,7-8,13H2,1-2H3. The number of hydrogen-bond acceptors (Lipinski definition) is 5.